The van der Waals surface area contributed by atoms with Crippen LogP contribution in [-0.2, 0) is 0 Å². The zero-order valence-corrected chi connectivity index (χ0v) is 15.2. The third kappa shape index (κ3) is 4.32. The zero-order valence-electron chi connectivity index (χ0n) is 14.5. The number of hydrogen-bond donors (Lipinski definition) is 2. The maximum atomic E-state index is 12.6. The fourth-order valence-corrected chi connectivity index (χ4v) is 3.09. The third-order valence-corrected chi connectivity index (χ3v) is 4.35. The first-order valence-electron chi connectivity index (χ1n) is 8.57. The Hall–Kier alpha value is -2.05. The predicted octanol–water partition coefficient (Wildman–Crippen LogP) is 3.50. The number of aromatic nitrogens is 2. The third-order valence-electron chi connectivity index (χ3n) is 4.05. The molecule has 134 valence electrons. The first-order chi connectivity index (χ1) is 12.0. The van der Waals surface area contributed by atoms with Gasteiger partial charge in [-0.25, -0.2) is 0 Å². The van der Waals surface area contributed by atoms with E-state index in [2.05, 4.69) is 15.7 Å². The van der Waals surface area contributed by atoms with Crippen LogP contribution in [-0.4, -0.2) is 34.9 Å². The molecule has 0 bridgehead atoms. The molecule has 1 aromatic carbocycles. The Bertz CT molecular complexity index is 738. The highest BCUT2D eigenvalue weighted by atomic mass is 35.5. The first-order valence-corrected chi connectivity index (χ1v) is 8.95. The van der Waals surface area contributed by atoms with Crippen LogP contribution in [0, 0.1) is 0 Å². The minimum atomic E-state index is -0.279. The molecule has 1 saturated heterocycles. The summed E-state index contributed by atoms with van der Waals surface area (Å²) in [4.78, 5) is 12.6. The van der Waals surface area contributed by atoms with E-state index in [1.165, 1.54) is 0 Å². The molecule has 0 spiro atoms. The Morgan fingerprint density at radius 2 is 2.28 bits per heavy atom. The van der Waals surface area contributed by atoms with E-state index >= 15 is 0 Å². The van der Waals surface area contributed by atoms with E-state index in [1.807, 2.05) is 24.7 Å². The van der Waals surface area contributed by atoms with Crippen LogP contribution < -0.4 is 15.4 Å². The van der Waals surface area contributed by atoms with Crippen molar-refractivity contribution in [3.8, 4) is 5.75 Å². The predicted molar refractivity (Wildman–Crippen MR) is 98.5 cm³/mol. The molecule has 25 heavy (non-hydrogen) atoms. The summed E-state index contributed by atoms with van der Waals surface area (Å²) in [6.45, 7) is 5.74. The standard InChI is InChI=1S/C18H23ClN4O2/c1-12(2)25-17-14(19)6-3-7-15(17)21-18(24)16-8-10-23(22-16)13-5-4-9-20-11-13/h3,6-8,10,12-13,20H,4-5,9,11H2,1-2H3,(H,21,24). The fraction of sp³-hybridized carbons (Fsp3) is 0.444. The van der Waals surface area contributed by atoms with Gasteiger partial charge in [-0.05, 0) is 51.4 Å². The average molecular weight is 363 g/mol. The van der Waals surface area contributed by atoms with Crippen LogP contribution >= 0.6 is 11.6 Å². The highest BCUT2D eigenvalue weighted by molar-refractivity contribution is 6.32. The molecule has 1 unspecified atom stereocenters. The van der Waals surface area contributed by atoms with Crippen molar-refractivity contribution in [1.82, 2.24) is 15.1 Å². The molecular weight excluding hydrogens is 340 g/mol. The number of nitrogens with one attached hydrogen (secondary N) is 2. The number of ether oxygens (including phenoxy) is 1. The highest BCUT2D eigenvalue weighted by Gasteiger charge is 2.19. The van der Waals surface area contributed by atoms with Gasteiger partial charge in [-0.2, -0.15) is 5.10 Å². The summed E-state index contributed by atoms with van der Waals surface area (Å²) in [7, 11) is 0. The fourth-order valence-electron chi connectivity index (χ4n) is 2.87. The van der Waals surface area contributed by atoms with Crippen LogP contribution in [0.5, 0.6) is 5.75 Å². The van der Waals surface area contributed by atoms with Gasteiger partial charge in [0.1, 0.15) is 0 Å². The monoisotopic (exact) mass is 362 g/mol. The molecule has 1 atom stereocenters. The Kier molecular flexibility index (Phi) is 5.60. The highest BCUT2D eigenvalue weighted by Crippen LogP contribution is 2.34. The summed E-state index contributed by atoms with van der Waals surface area (Å²) < 4.78 is 7.60. The van der Waals surface area contributed by atoms with Crippen molar-refractivity contribution in [2.75, 3.05) is 18.4 Å². The van der Waals surface area contributed by atoms with E-state index in [-0.39, 0.29) is 12.0 Å². The molecule has 2 heterocycles. The van der Waals surface area contributed by atoms with E-state index in [0.29, 0.717) is 28.2 Å². The summed E-state index contributed by atoms with van der Waals surface area (Å²) in [6, 6.07) is 7.30. The number of benzene rings is 1. The second-order valence-corrected chi connectivity index (χ2v) is 6.83. The number of halogens is 1. The molecule has 1 aromatic heterocycles. The van der Waals surface area contributed by atoms with Gasteiger partial charge in [0.25, 0.3) is 5.91 Å². The number of amides is 1. The Morgan fingerprint density at radius 3 is 3.00 bits per heavy atom. The molecule has 6 nitrogen and oxygen atoms in total. The second-order valence-electron chi connectivity index (χ2n) is 6.42. The molecule has 3 rings (SSSR count). The van der Waals surface area contributed by atoms with Crippen molar-refractivity contribution in [2.24, 2.45) is 0 Å². The SMILES string of the molecule is CC(C)Oc1c(Cl)cccc1NC(=O)c1ccn(C2CCCNC2)n1. The number of para-hydroxylation sites is 1. The van der Waals surface area contributed by atoms with Crippen molar-refractivity contribution in [2.45, 2.75) is 38.8 Å². The zero-order chi connectivity index (χ0) is 17.8. The largest absolute Gasteiger partial charge is 0.487 e. The van der Waals surface area contributed by atoms with E-state index in [4.69, 9.17) is 16.3 Å². The maximum Gasteiger partial charge on any atom is 0.276 e. The van der Waals surface area contributed by atoms with Crippen molar-refractivity contribution >= 4 is 23.2 Å². The number of nitrogens with zero attached hydrogens (tertiary/aromatic N) is 2. The molecule has 1 fully saturated rings. The summed E-state index contributed by atoms with van der Waals surface area (Å²) in [5, 5.41) is 11.1. The summed E-state index contributed by atoms with van der Waals surface area (Å²) >= 11 is 6.21. The average Bonchev–Trinajstić information content (AvgIpc) is 3.09. The number of piperidine rings is 1. The summed E-state index contributed by atoms with van der Waals surface area (Å²) in [5.74, 6) is 0.196. The van der Waals surface area contributed by atoms with E-state index < -0.39 is 0 Å². The minimum absolute atomic E-state index is 0.0476. The second kappa shape index (κ2) is 7.89. The Labute approximate surface area is 152 Å². The molecule has 1 amide bonds. The molecule has 0 radical (unpaired) electrons. The van der Waals surface area contributed by atoms with Gasteiger partial charge in [0.05, 0.1) is 22.9 Å². The topological polar surface area (TPSA) is 68.2 Å². The van der Waals surface area contributed by atoms with Crippen LogP contribution in [0.1, 0.15) is 43.2 Å². The number of rotatable bonds is 5. The minimum Gasteiger partial charge on any atom is -0.487 e. The molecule has 0 aliphatic carbocycles. The van der Waals surface area contributed by atoms with Crippen molar-refractivity contribution in [3.05, 3.63) is 41.2 Å². The van der Waals surface area contributed by atoms with Crippen LogP contribution in [0.15, 0.2) is 30.5 Å². The summed E-state index contributed by atoms with van der Waals surface area (Å²) in [6.07, 6.45) is 3.99. The molecule has 1 aliphatic heterocycles. The molecule has 7 heteroatoms. The van der Waals surface area contributed by atoms with Gasteiger partial charge in [-0.3, -0.25) is 9.48 Å². The van der Waals surface area contributed by atoms with Crippen LogP contribution in [0.3, 0.4) is 0 Å². The lowest BCUT2D eigenvalue weighted by Gasteiger charge is -2.22. The quantitative estimate of drug-likeness (QED) is 0.854. The van der Waals surface area contributed by atoms with Crippen LogP contribution in [0.2, 0.25) is 5.02 Å². The Morgan fingerprint density at radius 1 is 1.44 bits per heavy atom. The molecule has 0 saturated carbocycles. The van der Waals surface area contributed by atoms with E-state index in [9.17, 15) is 4.79 Å². The lowest BCUT2D eigenvalue weighted by molar-refractivity contribution is 0.102. The maximum absolute atomic E-state index is 12.6. The van der Waals surface area contributed by atoms with Gasteiger partial charge in [-0.15, -0.1) is 0 Å². The van der Waals surface area contributed by atoms with Crippen molar-refractivity contribution < 1.29 is 9.53 Å². The van der Waals surface area contributed by atoms with Crippen molar-refractivity contribution in [1.29, 1.82) is 0 Å². The first kappa shape index (κ1) is 17.8. The molecule has 1 aliphatic rings. The van der Waals surface area contributed by atoms with Gasteiger partial charge < -0.3 is 15.4 Å². The van der Waals surface area contributed by atoms with E-state index in [0.717, 1.165) is 25.9 Å². The van der Waals surface area contributed by atoms with Crippen LogP contribution in [0.25, 0.3) is 0 Å². The molecular formula is C18H23ClN4O2. The van der Waals surface area contributed by atoms with E-state index in [1.54, 1.807) is 24.3 Å². The number of anilines is 1. The van der Waals surface area contributed by atoms with Gasteiger partial charge >= 0.3 is 0 Å². The number of hydrogen-bond acceptors (Lipinski definition) is 4. The van der Waals surface area contributed by atoms with Gasteiger partial charge in [0.2, 0.25) is 0 Å². The summed E-state index contributed by atoms with van der Waals surface area (Å²) in [5.41, 5.74) is 0.918. The normalized spacial score (nSPS) is 17.5. The lowest BCUT2D eigenvalue weighted by Crippen LogP contribution is -2.32. The number of carbonyl (C=O) groups is 1. The van der Waals surface area contributed by atoms with Crippen molar-refractivity contribution in [3.63, 3.8) is 0 Å². The van der Waals surface area contributed by atoms with Gasteiger partial charge in [0, 0.05) is 12.7 Å². The van der Waals surface area contributed by atoms with Gasteiger partial charge in [-0.1, -0.05) is 17.7 Å². The number of carbonyl (C=O) groups excluding carboxylic acids is 1. The molecule has 2 N–H and O–H groups in total. The molecule has 2 aromatic rings. The Balaban J connectivity index is 1.74. The van der Waals surface area contributed by atoms with Gasteiger partial charge in [0.15, 0.2) is 11.4 Å². The smallest absolute Gasteiger partial charge is 0.276 e. The lowest BCUT2D eigenvalue weighted by atomic mass is 10.1. The van der Waals surface area contributed by atoms with Crippen LogP contribution in [0.4, 0.5) is 5.69 Å².